The van der Waals surface area contributed by atoms with Crippen molar-refractivity contribution in [2.24, 2.45) is 5.92 Å². The van der Waals surface area contributed by atoms with E-state index in [-0.39, 0.29) is 23.4 Å². The number of hydrogen-bond donors (Lipinski definition) is 2. The van der Waals surface area contributed by atoms with E-state index in [1.54, 1.807) is 24.3 Å². The van der Waals surface area contributed by atoms with Crippen LogP contribution in [0.25, 0.3) is 5.57 Å². The second-order valence-electron chi connectivity index (χ2n) is 6.37. The van der Waals surface area contributed by atoms with Crippen LogP contribution in [-0.4, -0.2) is 23.3 Å². The molecule has 0 atom stereocenters. The Hall–Kier alpha value is -2.75. The number of rotatable bonds is 3. The Morgan fingerprint density at radius 2 is 1.32 bits per heavy atom. The molecule has 0 aromatic heterocycles. The second kappa shape index (κ2) is 7.43. The van der Waals surface area contributed by atoms with Gasteiger partial charge in [0.05, 0.1) is 13.0 Å². The van der Waals surface area contributed by atoms with Crippen molar-refractivity contribution in [3.05, 3.63) is 65.2 Å². The minimum absolute atomic E-state index is 0.0327. The minimum Gasteiger partial charge on any atom is -0.508 e. The zero-order valence-electron chi connectivity index (χ0n) is 14.2. The SMILES string of the molecule is [11CH3]OC(=O)C1CCC(=C(c2ccc(O)cc2)c2ccc(O)cc2)CC1. The topological polar surface area (TPSA) is 66.8 Å². The number of allylic oxidation sites excluding steroid dienone is 1. The standard InChI is InChI=1S/C21H22O4/c1-25-21(24)17-4-2-14(3-5-17)20(15-6-10-18(22)11-7-15)16-8-12-19(23)13-9-16/h6-13,17,22-23H,2-5H2,1H3/i1-1. The largest absolute Gasteiger partial charge is 0.508 e. The number of hydrogen-bond acceptors (Lipinski definition) is 4. The lowest BCUT2D eigenvalue weighted by Gasteiger charge is -2.25. The van der Waals surface area contributed by atoms with E-state index in [0.717, 1.165) is 42.4 Å². The average Bonchev–Trinajstić information content (AvgIpc) is 2.65. The van der Waals surface area contributed by atoms with E-state index < -0.39 is 0 Å². The van der Waals surface area contributed by atoms with Crippen LogP contribution in [-0.2, 0) is 9.53 Å². The first-order valence-electron chi connectivity index (χ1n) is 8.47. The molecule has 0 unspecified atom stereocenters. The first-order valence-corrected chi connectivity index (χ1v) is 8.47. The van der Waals surface area contributed by atoms with Gasteiger partial charge in [-0.25, -0.2) is 0 Å². The number of carbonyl (C=O) groups is 1. The number of methoxy groups -OCH3 is 1. The van der Waals surface area contributed by atoms with Crippen LogP contribution in [0.3, 0.4) is 0 Å². The van der Waals surface area contributed by atoms with Gasteiger partial charge in [-0.3, -0.25) is 4.79 Å². The number of ether oxygens (including phenoxy) is 1. The van der Waals surface area contributed by atoms with Crippen molar-refractivity contribution in [2.75, 3.05) is 7.11 Å². The van der Waals surface area contributed by atoms with E-state index in [4.69, 9.17) is 4.74 Å². The molecule has 0 amide bonds. The summed E-state index contributed by atoms with van der Waals surface area (Å²) in [5.41, 5.74) is 4.45. The molecule has 3 rings (SSSR count). The molecule has 0 aliphatic heterocycles. The highest BCUT2D eigenvalue weighted by atomic mass is 16.5. The maximum Gasteiger partial charge on any atom is 0.308 e. The smallest absolute Gasteiger partial charge is 0.308 e. The van der Waals surface area contributed by atoms with Crippen LogP contribution in [0.1, 0.15) is 36.8 Å². The predicted molar refractivity (Wildman–Crippen MR) is 96.2 cm³/mol. The molecule has 1 aliphatic rings. The molecule has 0 spiro atoms. The van der Waals surface area contributed by atoms with Crippen molar-refractivity contribution < 1.29 is 19.7 Å². The summed E-state index contributed by atoms with van der Waals surface area (Å²) in [6, 6.07) is 14.3. The third-order valence-electron chi connectivity index (χ3n) is 4.79. The molecular formula is C21H22O4. The van der Waals surface area contributed by atoms with Gasteiger partial charge in [-0.05, 0) is 66.6 Å². The summed E-state index contributed by atoms with van der Waals surface area (Å²) < 4.78 is 4.87. The summed E-state index contributed by atoms with van der Waals surface area (Å²) in [4.78, 5) is 11.8. The van der Waals surface area contributed by atoms with Crippen LogP contribution in [0, 0.1) is 5.92 Å². The summed E-state index contributed by atoms with van der Waals surface area (Å²) in [5, 5.41) is 19.2. The van der Waals surface area contributed by atoms with E-state index in [2.05, 4.69) is 0 Å². The molecule has 0 saturated heterocycles. The summed E-state index contributed by atoms with van der Waals surface area (Å²) >= 11 is 0. The number of carbonyl (C=O) groups excluding carboxylic acids is 1. The van der Waals surface area contributed by atoms with Crippen LogP contribution >= 0.6 is 0 Å². The molecule has 1 saturated carbocycles. The fourth-order valence-electron chi connectivity index (χ4n) is 3.45. The molecule has 2 aromatic rings. The van der Waals surface area contributed by atoms with Crippen molar-refractivity contribution in [1.29, 1.82) is 0 Å². The zero-order chi connectivity index (χ0) is 17.8. The Balaban J connectivity index is 1.98. The van der Waals surface area contributed by atoms with E-state index >= 15 is 0 Å². The summed E-state index contributed by atoms with van der Waals surface area (Å²) in [6.45, 7) is 0. The Kier molecular flexibility index (Phi) is 5.08. The normalized spacial score (nSPS) is 17.2. The van der Waals surface area contributed by atoms with Gasteiger partial charge in [0, 0.05) is 0 Å². The average molecular weight is 337 g/mol. The van der Waals surface area contributed by atoms with Crippen molar-refractivity contribution in [3.63, 3.8) is 0 Å². The maximum atomic E-state index is 11.8. The van der Waals surface area contributed by atoms with E-state index in [1.807, 2.05) is 24.3 Å². The van der Waals surface area contributed by atoms with Crippen LogP contribution in [0.15, 0.2) is 54.1 Å². The molecule has 2 N–H and O–H groups in total. The lowest BCUT2D eigenvalue weighted by Crippen LogP contribution is -2.20. The fourth-order valence-corrected chi connectivity index (χ4v) is 3.45. The van der Waals surface area contributed by atoms with Crippen molar-refractivity contribution in [2.45, 2.75) is 25.7 Å². The second-order valence-corrected chi connectivity index (χ2v) is 6.37. The van der Waals surface area contributed by atoms with Gasteiger partial charge in [0.25, 0.3) is 0 Å². The van der Waals surface area contributed by atoms with Gasteiger partial charge < -0.3 is 14.9 Å². The molecule has 0 heterocycles. The molecule has 2 aromatic carbocycles. The highest BCUT2D eigenvalue weighted by Gasteiger charge is 2.26. The number of phenolic OH excluding ortho intramolecular Hbond substituents is 2. The first kappa shape index (κ1) is 17.1. The van der Waals surface area contributed by atoms with E-state index in [9.17, 15) is 15.0 Å². The lowest BCUT2D eigenvalue weighted by atomic mass is 9.80. The first-order chi connectivity index (χ1) is 12.1. The highest BCUT2D eigenvalue weighted by molar-refractivity contribution is 5.83. The summed E-state index contributed by atoms with van der Waals surface area (Å²) in [6.07, 6.45) is 3.22. The van der Waals surface area contributed by atoms with Gasteiger partial charge >= 0.3 is 5.97 Å². The highest BCUT2D eigenvalue weighted by Crippen LogP contribution is 2.38. The third-order valence-corrected chi connectivity index (χ3v) is 4.79. The zero-order valence-corrected chi connectivity index (χ0v) is 14.2. The van der Waals surface area contributed by atoms with Gasteiger partial charge in [0.2, 0.25) is 0 Å². The molecule has 25 heavy (non-hydrogen) atoms. The third kappa shape index (κ3) is 3.85. The molecule has 1 aliphatic carbocycles. The molecular weight excluding hydrogens is 315 g/mol. The molecule has 4 heteroatoms. The van der Waals surface area contributed by atoms with Gasteiger partial charge in [-0.1, -0.05) is 29.8 Å². The van der Waals surface area contributed by atoms with Gasteiger partial charge in [-0.15, -0.1) is 0 Å². The van der Waals surface area contributed by atoms with Gasteiger partial charge in [0.1, 0.15) is 11.5 Å². The fraction of sp³-hybridized carbons (Fsp3) is 0.286. The van der Waals surface area contributed by atoms with Gasteiger partial charge in [0.15, 0.2) is 0 Å². The molecule has 0 bridgehead atoms. The Bertz CT molecular complexity index is 715. The van der Waals surface area contributed by atoms with Crippen LogP contribution in [0.5, 0.6) is 11.5 Å². The quantitative estimate of drug-likeness (QED) is 0.821. The Morgan fingerprint density at radius 3 is 1.72 bits per heavy atom. The van der Waals surface area contributed by atoms with Crippen molar-refractivity contribution >= 4 is 11.5 Å². The van der Waals surface area contributed by atoms with Crippen molar-refractivity contribution in [3.8, 4) is 11.5 Å². The molecule has 4 nitrogen and oxygen atoms in total. The van der Waals surface area contributed by atoms with E-state index in [1.165, 1.54) is 12.7 Å². The van der Waals surface area contributed by atoms with Crippen LogP contribution in [0.4, 0.5) is 0 Å². The van der Waals surface area contributed by atoms with Crippen molar-refractivity contribution in [1.82, 2.24) is 0 Å². The monoisotopic (exact) mass is 337 g/mol. The minimum atomic E-state index is -0.130. The van der Waals surface area contributed by atoms with Crippen LogP contribution in [0.2, 0.25) is 0 Å². The van der Waals surface area contributed by atoms with E-state index in [0.29, 0.717) is 0 Å². The van der Waals surface area contributed by atoms with Crippen LogP contribution < -0.4 is 0 Å². The van der Waals surface area contributed by atoms with Gasteiger partial charge in [-0.2, -0.15) is 0 Å². The summed E-state index contributed by atoms with van der Waals surface area (Å²) in [7, 11) is 1.44. The number of benzene rings is 2. The Morgan fingerprint density at radius 1 is 0.880 bits per heavy atom. The maximum absolute atomic E-state index is 11.8. The number of aromatic hydroxyl groups is 2. The molecule has 0 radical (unpaired) electrons. The molecule has 130 valence electrons. The molecule has 1 fully saturated rings. The number of esters is 1. The predicted octanol–water partition coefficient (Wildman–Crippen LogP) is 4.26. The summed E-state index contributed by atoms with van der Waals surface area (Å²) in [5.74, 6) is 0.297. The Labute approximate surface area is 147 Å². The lowest BCUT2D eigenvalue weighted by molar-refractivity contribution is -0.146. The number of phenols is 2.